The first-order valence-electron chi connectivity index (χ1n) is 6.42. The Balaban J connectivity index is 2.14. The van der Waals surface area contributed by atoms with Crippen LogP contribution in [0.15, 0.2) is 12.1 Å². The number of carbonyl (C=O) groups is 1. The van der Waals surface area contributed by atoms with Gasteiger partial charge in [-0.05, 0) is 39.3 Å². The summed E-state index contributed by atoms with van der Waals surface area (Å²) in [5.41, 5.74) is -0.293. The quantitative estimate of drug-likeness (QED) is 0.776. The van der Waals surface area contributed by atoms with Gasteiger partial charge in [-0.3, -0.25) is 5.01 Å². The van der Waals surface area contributed by atoms with Gasteiger partial charge in [0.15, 0.2) is 11.5 Å². The lowest BCUT2D eigenvalue weighted by molar-refractivity contribution is 0.0272. The summed E-state index contributed by atoms with van der Waals surface area (Å²) in [7, 11) is 0. The molecular weight excluding hydrogens is 258 g/mol. The van der Waals surface area contributed by atoms with Crippen molar-refractivity contribution in [1.82, 2.24) is 15.2 Å². The van der Waals surface area contributed by atoms with E-state index in [1.807, 2.05) is 26.8 Å². The standard InChI is InChI=1S/C13H17N5O2/c1-13(2,3)20-12(19)18-8-4-7-17(18)11-6-5-10(9-14)15-16-11/h5-6H,4,7-8H2,1-3H3. The molecule has 0 unspecified atom stereocenters. The highest BCUT2D eigenvalue weighted by Crippen LogP contribution is 2.21. The average Bonchev–Trinajstić information content (AvgIpc) is 2.86. The molecule has 2 heterocycles. The van der Waals surface area contributed by atoms with Gasteiger partial charge in [0.05, 0.1) is 0 Å². The first kappa shape index (κ1) is 14.1. The summed E-state index contributed by atoms with van der Waals surface area (Å²) >= 11 is 0. The Kier molecular flexibility index (Phi) is 3.74. The van der Waals surface area contributed by atoms with Gasteiger partial charge < -0.3 is 4.74 Å². The second kappa shape index (κ2) is 5.33. The molecule has 1 fully saturated rings. The number of rotatable bonds is 1. The third kappa shape index (κ3) is 3.15. The Hall–Kier alpha value is -2.36. The fourth-order valence-electron chi connectivity index (χ4n) is 1.88. The largest absolute Gasteiger partial charge is 0.442 e. The molecule has 1 aliphatic rings. The molecule has 20 heavy (non-hydrogen) atoms. The van der Waals surface area contributed by atoms with E-state index in [2.05, 4.69) is 10.2 Å². The molecule has 106 valence electrons. The van der Waals surface area contributed by atoms with Crippen LogP contribution in [0.4, 0.5) is 10.6 Å². The van der Waals surface area contributed by atoms with Crippen molar-refractivity contribution in [3.63, 3.8) is 0 Å². The second-order valence-electron chi connectivity index (χ2n) is 5.47. The minimum atomic E-state index is -0.540. The summed E-state index contributed by atoms with van der Waals surface area (Å²) in [6.45, 7) is 6.73. The van der Waals surface area contributed by atoms with Crippen molar-refractivity contribution in [3.05, 3.63) is 17.8 Å². The Bertz CT molecular complexity index is 529. The minimum Gasteiger partial charge on any atom is -0.442 e. The number of hydrazine groups is 1. The highest BCUT2D eigenvalue weighted by Gasteiger charge is 2.31. The van der Waals surface area contributed by atoms with Gasteiger partial charge in [0.25, 0.3) is 0 Å². The van der Waals surface area contributed by atoms with Gasteiger partial charge in [0.1, 0.15) is 11.7 Å². The van der Waals surface area contributed by atoms with Crippen LogP contribution < -0.4 is 5.01 Å². The molecule has 1 aliphatic heterocycles. The summed E-state index contributed by atoms with van der Waals surface area (Å²) in [4.78, 5) is 12.1. The van der Waals surface area contributed by atoms with Crippen molar-refractivity contribution < 1.29 is 9.53 Å². The van der Waals surface area contributed by atoms with Crippen molar-refractivity contribution in [2.24, 2.45) is 0 Å². The third-order valence-electron chi connectivity index (χ3n) is 2.66. The van der Waals surface area contributed by atoms with Crippen molar-refractivity contribution in [3.8, 4) is 6.07 Å². The van der Waals surface area contributed by atoms with Crippen LogP contribution in [0, 0.1) is 11.3 Å². The Morgan fingerprint density at radius 1 is 1.35 bits per heavy atom. The van der Waals surface area contributed by atoms with Gasteiger partial charge >= 0.3 is 6.09 Å². The lowest BCUT2D eigenvalue weighted by Crippen LogP contribution is -2.44. The number of hydrogen-bond donors (Lipinski definition) is 0. The molecule has 0 saturated carbocycles. The van der Waals surface area contributed by atoms with Gasteiger partial charge in [-0.15, -0.1) is 10.2 Å². The number of amides is 1. The molecule has 0 radical (unpaired) electrons. The van der Waals surface area contributed by atoms with Crippen LogP contribution in [-0.2, 0) is 4.74 Å². The smallest absolute Gasteiger partial charge is 0.429 e. The van der Waals surface area contributed by atoms with Crippen LogP contribution in [0.5, 0.6) is 0 Å². The molecule has 0 aliphatic carbocycles. The van der Waals surface area contributed by atoms with E-state index in [9.17, 15) is 4.79 Å². The highest BCUT2D eigenvalue weighted by molar-refractivity contribution is 5.71. The van der Waals surface area contributed by atoms with E-state index in [0.29, 0.717) is 18.9 Å². The predicted octanol–water partition coefficient (Wildman–Crippen LogP) is 1.71. The highest BCUT2D eigenvalue weighted by atomic mass is 16.6. The summed E-state index contributed by atoms with van der Waals surface area (Å²) in [6.07, 6.45) is 0.433. The molecule has 0 bridgehead atoms. The number of carbonyl (C=O) groups excluding carboxylic acids is 1. The van der Waals surface area contributed by atoms with Crippen LogP contribution in [-0.4, -0.2) is 40.0 Å². The molecule has 1 aromatic heterocycles. The lowest BCUT2D eigenvalue weighted by Gasteiger charge is -2.30. The van der Waals surface area contributed by atoms with Crippen LogP contribution >= 0.6 is 0 Å². The topological polar surface area (TPSA) is 82.4 Å². The Labute approximate surface area is 117 Å². The molecule has 1 aromatic rings. The van der Waals surface area contributed by atoms with Crippen molar-refractivity contribution in [2.75, 3.05) is 18.1 Å². The van der Waals surface area contributed by atoms with E-state index in [0.717, 1.165) is 6.42 Å². The Morgan fingerprint density at radius 2 is 2.10 bits per heavy atom. The predicted molar refractivity (Wildman–Crippen MR) is 71.7 cm³/mol. The number of anilines is 1. The molecule has 0 aromatic carbocycles. The fraction of sp³-hybridized carbons (Fsp3) is 0.538. The summed E-state index contributed by atoms with van der Waals surface area (Å²) < 4.78 is 5.36. The normalized spacial score (nSPS) is 15.1. The molecule has 2 rings (SSSR count). The molecule has 1 saturated heterocycles. The van der Waals surface area contributed by atoms with E-state index in [1.165, 1.54) is 5.01 Å². The summed E-state index contributed by atoms with van der Waals surface area (Å²) in [5, 5.41) is 19.7. The van der Waals surface area contributed by atoms with Gasteiger partial charge in [0, 0.05) is 13.1 Å². The van der Waals surface area contributed by atoms with Crippen LogP contribution in [0.1, 0.15) is 32.9 Å². The zero-order chi connectivity index (χ0) is 14.8. The maximum absolute atomic E-state index is 12.1. The van der Waals surface area contributed by atoms with E-state index in [4.69, 9.17) is 10.00 Å². The number of nitriles is 1. The SMILES string of the molecule is CC(C)(C)OC(=O)N1CCCN1c1ccc(C#N)nn1. The van der Waals surface area contributed by atoms with E-state index in [-0.39, 0.29) is 5.69 Å². The number of nitrogens with zero attached hydrogens (tertiary/aromatic N) is 5. The molecular formula is C13H17N5O2. The Morgan fingerprint density at radius 3 is 2.65 bits per heavy atom. The van der Waals surface area contributed by atoms with Crippen molar-refractivity contribution in [2.45, 2.75) is 32.8 Å². The lowest BCUT2D eigenvalue weighted by atomic mass is 10.2. The fourth-order valence-corrected chi connectivity index (χ4v) is 1.88. The maximum Gasteiger partial charge on any atom is 0.429 e. The summed E-state index contributed by atoms with van der Waals surface area (Å²) in [5.74, 6) is 0.535. The van der Waals surface area contributed by atoms with E-state index in [1.54, 1.807) is 17.1 Å². The average molecular weight is 275 g/mol. The minimum absolute atomic E-state index is 0.247. The van der Waals surface area contributed by atoms with Crippen molar-refractivity contribution >= 4 is 11.9 Å². The molecule has 7 nitrogen and oxygen atoms in total. The van der Waals surface area contributed by atoms with E-state index >= 15 is 0 Å². The van der Waals surface area contributed by atoms with Gasteiger partial charge in [-0.25, -0.2) is 9.80 Å². The second-order valence-corrected chi connectivity index (χ2v) is 5.47. The molecule has 0 spiro atoms. The molecule has 7 heteroatoms. The zero-order valence-electron chi connectivity index (χ0n) is 11.8. The van der Waals surface area contributed by atoms with Gasteiger partial charge in [-0.1, -0.05) is 0 Å². The van der Waals surface area contributed by atoms with Crippen LogP contribution in [0.2, 0.25) is 0 Å². The maximum atomic E-state index is 12.1. The van der Waals surface area contributed by atoms with Crippen LogP contribution in [0.3, 0.4) is 0 Å². The van der Waals surface area contributed by atoms with Crippen molar-refractivity contribution in [1.29, 1.82) is 5.26 Å². The molecule has 1 amide bonds. The summed E-state index contributed by atoms with van der Waals surface area (Å²) in [6, 6.07) is 5.16. The first-order valence-corrected chi connectivity index (χ1v) is 6.42. The molecule has 0 N–H and O–H groups in total. The monoisotopic (exact) mass is 275 g/mol. The first-order chi connectivity index (χ1) is 9.40. The molecule has 0 atom stereocenters. The number of hydrogen-bond acceptors (Lipinski definition) is 6. The van der Waals surface area contributed by atoms with Gasteiger partial charge in [-0.2, -0.15) is 5.26 Å². The number of aromatic nitrogens is 2. The van der Waals surface area contributed by atoms with Crippen LogP contribution in [0.25, 0.3) is 0 Å². The zero-order valence-corrected chi connectivity index (χ0v) is 11.8. The third-order valence-corrected chi connectivity index (χ3v) is 2.66. The number of ether oxygens (including phenoxy) is 1. The van der Waals surface area contributed by atoms with Gasteiger partial charge in [0.2, 0.25) is 0 Å². The van der Waals surface area contributed by atoms with E-state index < -0.39 is 11.7 Å².